The maximum Gasteiger partial charge on any atom is 0.0651 e. The number of fused-ring (bicyclic) bond motifs is 2. The molecule has 0 N–H and O–H groups in total. The van der Waals surface area contributed by atoms with Crippen molar-refractivity contribution in [3.05, 3.63) is 157 Å². The molecule has 0 spiro atoms. The maximum atomic E-state index is 2.55. The van der Waals surface area contributed by atoms with E-state index in [1.807, 2.05) is 0 Å². The maximum absolute atomic E-state index is 2.55. The first-order valence-corrected chi connectivity index (χ1v) is 14.3. The average molecular weight is 519 g/mol. The van der Waals surface area contributed by atoms with Crippen LogP contribution in [0.3, 0.4) is 0 Å². The summed E-state index contributed by atoms with van der Waals surface area (Å²) < 4.78 is 0. The quantitative estimate of drug-likeness (QED) is 0.259. The van der Waals surface area contributed by atoms with Gasteiger partial charge in [-0.2, -0.15) is 0 Å². The molecule has 4 aromatic rings. The van der Waals surface area contributed by atoms with Crippen molar-refractivity contribution >= 4 is 22.7 Å². The summed E-state index contributed by atoms with van der Waals surface area (Å²) in [5.74, 6) is 0.553. The number of benzene rings is 4. The summed E-state index contributed by atoms with van der Waals surface area (Å²) in [4.78, 5) is 4.85. The molecule has 2 nitrogen and oxygen atoms in total. The van der Waals surface area contributed by atoms with Gasteiger partial charge < -0.3 is 9.80 Å². The Morgan fingerprint density at radius 3 is 1.90 bits per heavy atom. The van der Waals surface area contributed by atoms with E-state index in [9.17, 15) is 0 Å². The molecule has 0 saturated carbocycles. The molecule has 4 aromatic carbocycles. The standard InChI is InChI=1S/C38H34N2/c1-28-12-11-17-35-37(28)38(2)27-10-9-18-36(38)40(35)34-25-21-30(22-26-34)29-19-23-33(24-20-29)39(31-13-5-3-6-14-31)32-15-7-4-8-16-32/h3-11,13-28,36H,12H2,1-2H3. The molecular formula is C38H34N2. The number of rotatable bonds is 5. The Morgan fingerprint density at radius 1 is 0.700 bits per heavy atom. The van der Waals surface area contributed by atoms with E-state index in [2.05, 4.69) is 169 Å². The van der Waals surface area contributed by atoms with Gasteiger partial charge in [0.2, 0.25) is 0 Å². The second kappa shape index (κ2) is 9.88. The molecule has 7 rings (SSSR count). The number of hydrogen-bond donors (Lipinski definition) is 0. The molecule has 40 heavy (non-hydrogen) atoms. The van der Waals surface area contributed by atoms with E-state index < -0.39 is 0 Å². The van der Waals surface area contributed by atoms with Crippen LogP contribution >= 0.6 is 0 Å². The van der Waals surface area contributed by atoms with Crippen LogP contribution in [0.15, 0.2) is 157 Å². The predicted molar refractivity (Wildman–Crippen MR) is 169 cm³/mol. The van der Waals surface area contributed by atoms with Crippen molar-refractivity contribution in [1.29, 1.82) is 0 Å². The zero-order valence-corrected chi connectivity index (χ0v) is 23.1. The van der Waals surface area contributed by atoms with Crippen molar-refractivity contribution in [2.24, 2.45) is 11.3 Å². The second-order valence-corrected chi connectivity index (χ2v) is 11.3. The van der Waals surface area contributed by atoms with Gasteiger partial charge in [-0.25, -0.2) is 0 Å². The minimum atomic E-state index is 0.0339. The first kappa shape index (κ1) is 24.5. The van der Waals surface area contributed by atoms with Crippen molar-refractivity contribution in [2.75, 3.05) is 9.80 Å². The summed E-state index contributed by atoms with van der Waals surface area (Å²) >= 11 is 0. The van der Waals surface area contributed by atoms with Gasteiger partial charge in [0.05, 0.1) is 6.04 Å². The summed E-state index contributed by atoms with van der Waals surface area (Å²) in [6.07, 6.45) is 15.0. The fraction of sp³-hybridized carbons (Fsp3) is 0.158. The second-order valence-electron chi connectivity index (χ2n) is 11.3. The molecule has 1 heterocycles. The molecule has 0 radical (unpaired) electrons. The Morgan fingerprint density at radius 2 is 1.27 bits per heavy atom. The van der Waals surface area contributed by atoms with Crippen LogP contribution in [0.5, 0.6) is 0 Å². The molecule has 196 valence electrons. The van der Waals surface area contributed by atoms with E-state index in [0.29, 0.717) is 12.0 Å². The van der Waals surface area contributed by atoms with E-state index in [1.165, 1.54) is 22.5 Å². The van der Waals surface area contributed by atoms with Crippen molar-refractivity contribution in [2.45, 2.75) is 26.3 Å². The normalized spacial score (nSPS) is 22.8. The molecule has 2 aliphatic carbocycles. The zero-order chi connectivity index (χ0) is 27.1. The van der Waals surface area contributed by atoms with Crippen molar-refractivity contribution in [1.82, 2.24) is 0 Å². The largest absolute Gasteiger partial charge is 0.333 e. The average Bonchev–Trinajstić information content (AvgIpc) is 3.28. The summed E-state index contributed by atoms with van der Waals surface area (Å²) in [6, 6.07) is 39.4. The van der Waals surface area contributed by atoms with Crippen LogP contribution in [0, 0.1) is 11.3 Å². The molecule has 3 unspecified atom stereocenters. The van der Waals surface area contributed by atoms with E-state index in [0.717, 1.165) is 23.5 Å². The van der Waals surface area contributed by atoms with E-state index in [1.54, 1.807) is 5.57 Å². The van der Waals surface area contributed by atoms with Crippen molar-refractivity contribution < 1.29 is 0 Å². The van der Waals surface area contributed by atoms with Crippen LogP contribution in [-0.2, 0) is 0 Å². The van der Waals surface area contributed by atoms with Gasteiger partial charge in [0.25, 0.3) is 0 Å². The number of nitrogens with zero attached hydrogens (tertiary/aromatic N) is 2. The molecular weight excluding hydrogens is 484 g/mol. The molecule has 0 amide bonds. The van der Waals surface area contributed by atoms with Crippen molar-refractivity contribution in [3.63, 3.8) is 0 Å². The summed E-state index contributed by atoms with van der Waals surface area (Å²) in [6.45, 7) is 4.78. The zero-order valence-electron chi connectivity index (χ0n) is 23.1. The van der Waals surface area contributed by atoms with Crippen LogP contribution in [0.2, 0.25) is 0 Å². The Kier molecular flexibility index (Phi) is 6.04. The van der Waals surface area contributed by atoms with Gasteiger partial charge in [-0.3, -0.25) is 0 Å². The minimum absolute atomic E-state index is 0.0339. The highest BCUT2D eigenvalue weighted by molar-refractivity contribution is 5.79. The smallest absolute Gasteiger partial charge is 0.0651 e. The first-order valence-electron chi connectivity index (χ1n) is 14.3. The first-order chi connectivity index (χ1) is 19.6. The number of hydrogen-bond acceptors (Lipinski definition) is 2. The Labute approximate surface area is 237 Å². The minimum Gasteiger partial charge on any atom is -0.333 e. The molecule has 3 atom stereocenters. The lowest BCUT2D eigenvalue weighted by Gasteiger charge is -2.37. The highest BCUT2D eigenvalue weighted by Crippen LogP contribution is 2.54. The van der Waals surface area contributed by atoms with Crippen LogP contribution in [0.25, 0.3) is 11.1 Å². The third kappa shape index (κ3) is 4.03. The fourth-order valence-electron chi connectivity index (χ4n) is 6.86. The van der Waals surface area contributed by atoms with Gasteiger partial charge in [-0.1, -0.05) is 98.0 Å². The highest BCUT2D eigenvalue weighted by atomic mass is 15.2. The molecule has 0 saturated heterocycles. The number of para-hydroxylation sites is 2. The molecule has 2 heteroatoms. The molecule has 1 aliphatic heterocycles. The Hall–Kier alpha value is -4.56. The molecule has 0 fully saturated rings. The summed E-state index contributed by atoms with van der Waals surface area (Å²) in [5, 5.41) is 0. The van der Waals surface area contributed by atoms with Crippen LogP contribution in [0.1, 0.15) is 20.3 Å². The van der Waals surface area contributed by atoms with Gasteiger partial charge in [-0.05, 0) is 90.6 Å². The van der Waals surface area contributed by atoms with Gasteiger partial charge >= 0.3 is 0 Å². The number of allylic oxidation sites excluding steroid dienone is 4. The van der Waals surface area contributed by atoms with Crippen LogP contribution in [0.4, 0.5) is 22.7 Å². The highest BCUT2D eigenvalue weighted by Gasteiger charge is 2.49. The lowest BCUT2D eigenvalue weighted by atomic mass is 9.70. The number of anilines is 4. The van der Waals surface area contributed by atoms with E-state index >= 15 is 0 Å². The lowest BCUT2D eigenvalue weighted by Crippen LogP contribution is -2.39. The molecule has 0 bridgehead atoms. The molecule has 3 aliphatic rings. The van der Waals surface area contributed by atoms with E-state index in [-0.39, 0.29) is 5.41 Å². The van der Waals surface area contributed by atoms with E-state index in [4.69, 9.17) is 0 Å². The summed E-state index contributed by atoms with van der Waals surface area (Å²) in [7, 11) is 0. The summed E-state index contributed by atoms with van der Waals surface area (Å²) in [5.41, 5.74) is 10.1. The Bertz CT molecular complexity index is 1590. The third-order valence-electron chi connectivity index (χ3n) is 8.75. The van der Waals surface area contributed by atoms with Crippen LogP contribution < -0.4 is 9.80 Å². The third-order valence-corrected chi connectivity index (χ3v) is 8.75. The topological polar surface area (TPSA) is 6.48 Å². The SMILES string of the molecule is CC1CC=CC2=C1C1(C)C=CC=CC1N2c1ccc(-c2ccc(N(c3ccccc3)c3ccccc3)cc2)cc1. The van der Waals surface area contributed by atoms with Crippen LogP contribution in [-0.4, -0.2) is 6.04 Å². The monoisotopic (exact) mass is 518 g/mol. The van der Waals surface area contributed by atoms with Gasteiger partial charge in [0.1, 0.15) is 0 Å². The molecule has 0 aromatic heterocycles. The Balaban J connectivity index is 1.20. The van der Waals surface area contributed by atoms with Gasteiger partial charge in [-0.15, -0.1) is 0 Å². The van der Waals surface area contributed by atoms with Crippen molar-refractivity contribution in [3.8, 4) is 11.1 Å². The fourth-order valence-corrected chi connectivity index (χ4v) is 6.86. The predicted octanol–water partition coefficient (Wildman–Crippen LogP) is 9.99. The lowest BCUT2D eigenvalue weighted by molar-refractivity contribution is 0.428. The van der Waals surface area contributed by atoms with Gasteiger partial charge in [0.15, 0.2) is 0 Å². The van der Waals surface area contributed by atoms with Gasteiger partial charge in [0, 0.05) is 33.9 Å².